The van der Waals surface area contributed by atoms with Crippen LogP contribution in [0.15, 0.2) is 36.4 Å². The first-order valence-electron chi connectivity index (χ1n) is 7.78. The van der Waals surface area contributed by atoms with Crippen molar-refractivity contribution >= 4 is 17.6 Å². The molecule has 1 aliphatic heterocycles. The largest absolute Gasteiger partial charge is 0.508 e. The van der Waals surface area contributed by atoms with Gasteiger partial charge < -0.3 is 21.1 Å². The highest BCUT2D eigenvalue weighted by Crippen LogP contribution is 2.32. The maximum absolute atomic E-state index is 9.46. The van der Waals surface area contributed by atoms with E-state index < -0.39 is 0 Å². The first kappa shape index (κ1) is 15.4. The van der Waals surface area contributed by atoms with E-state index in [1.54, 1.807) is 18.3 Å². The number of rotatable bonds is 5. The van der Waals surface area contributed by atoms with Crippen molar-refractivity contribution in [3.05, 3.63) is 42.0 Å². The number of nitrogen functional groups attached to an aromatic ring is 1. The van der Waals surface area contributed by atoms with Crippen LogP contribution in [0.25, 0.3) is 11.1 Å². The smallest absolute Gasteiger partial charge is 0.171 e. The molecule has 1 fully saturated rings. The average Bonchev–Trinajstić information content (AvgIpc) is 2.50. The first-order valence-corrected chi connectivity index (χ1v) is 7.78. The minimum Gasteiger partial charge on any atom is -0.508 e. The Kier molecular flexibility index (Phi) is 4.21. The third-order valence-electron chi connectivity index (χ3n) is 4.37. The summed E-state index contributed by atoms with van der Waals surface area (Å²) in [7, 11) is 2.07. The molecule has 120 valence electrons. The highest BCUT2D eigenvalue weighted by atomic mass is 16.3. The quantitative estimate of drug-likeness (QED) is 0.478. The summed E-state index contributed by atoms with van der Waals surface area (Å²) in [4.78, 5) is 2.21. The molecule has 0 saturated carbocycles. The summed E-state index contributed by atoms with van der Waals surface area (Å²) in [6.07, 6.45) is 1.57. The second-order valence-corrected chi connectivity index (χ2v) is 6.12. The molecule has 1 saturated heterocycles. The molecule has 0 aliphatic carbocycles. The summed E-state index contributed by atoms with van der Waals surface area (Å²) in [5, 5.41) is 18.5. The highest BCUT2D eigenvalue weighted by Gasteiger charge is 2.21. The monoisotopic (exact) mass is 311 g/mol. The number of phenolic OH excluding ortho intramolecular Hbond substituents is 1. The maximum atomic E-state index is 9.46. The Morgan fingerprint density at radius 2 is 1.96 bits per heavy atom. The van der Waals surface area contributed by atoms with E-state index >= 15 is 0 Å². The van der Waals surface area contributed by atoms with E-state index in [1.807, 2.05) is 18.2 Å². The van der Waals surface area contributed by atoms with Gasteiger partial charge in [0.2, 0.25) is 0 Å². The molecule has 6 N–H and O–H groups in total. The predicted molar refractivity (Wildman–Crippen MR) is 94.7 cm³/mol. The van der Waals surface area contributed by atoms with Crippen molar-refractivity contribution < 1.29 is 10.5 Å². The van der Waals surface area contributed by atoms with Gasteiger partial charge in [-0.15, -0.1) is 0 Å². The third-order valence-corrected chi connectivity index (χ3v) is 4.37. The lowest BCUT2D eigenvalue weighted by Crippen LogP contribution is -2.47. The van der Waals surface area contributed by atoms with Crippen molar-refractivity contribution in [1.82, 2.24) is 5.32 Å². The molecule has 1 aliphatic rings. The van der Waals surface area contributed by atoms with Crippen LogP contribution >= 0.6 is 0 Å². The Labute approximate surface area is 136 Å². The van der Waals surface area contributed by atoms with Gasteiger partial charge in [0.1, 0.15) is 5.75 Å². The number of anilines is 2. The van der Waals surface area contributed by atoms with Gasteiger partial charge >= 0.3 is 0 Å². The molecule has 2 aromatic rings. The van der Waals surface area contributed by atoms with Gasteiger partial charge in [0.05, 0.1) is 11.3 Å². The molecule has 0 radical (unpaired) electrons. The van der Waals surface area contributed by atoms with Gasteiger partial charge in [-0.05, 0) is 35.4 Å². The zero-order valence-corrected chi connectivity index (χ0v) is 13.3. The molecule has 5 nitrogen and oxygen atoms in total. The molecule has 1 heterocycles. The predicted octanol–water partition coefficient (Wildman–Crippen LogP) is 0.475. The van der Waals surface area contributed by atoms with E-state index in [-0.39, 0.29) is 5.75 Å². The molecule has 0 unspecified atom stereocenters. The topological polar surface area (TPSA) is 87.1 Å². The van der Waals surface area contributed by atoms with Crippen molar-refractivity contribution in [3.63, 3.8) is 0 Å². The molecule has 3 rings (SSSR count). The highest BCUT2D eigenvalue weighted by molar-refractivity contribution is 5.94. The van der Waals surface area contributed by atoms with Gasteiger partial charge in [-0.25, -0.2) is 0 Å². The van der Waals surface area contributed by atoms with E-state index in [0.717, 1.165) is 42.0 Å². The van der Waals surface area contributed by atoms with Gasteiger partial charge in [0, 0.05) is 38.3 Å². The fourth-order valence-electron chi connectivity index (χ4n) is 2.94. The van der Waals surface area contributed by atoms with E-state index in [4.69, 9.17) is 11.1 Å². The summed E-state index contributed by atoms with van der Waals surface area (Å²) in [6.45, 7) is 3.07. The van der Waals surface area contributed by atoms with Crippen molar-refractivity contribution in [2.24, 2.45) is 5.92 Å². The van der Waals surface area contributed by atoms with Crippen LogP contribution in [0.2, 0.25) is 0 Å². The van der Waals surface area contributed by atoms with Crippen LogP contribution in [0, 0.1) is 5.92 Å². The summed E-state index contributed by atoms with van der Waals surface area (Å²) in [5.41, 5.74) is 10.8. The van der Waals surface area contributed by atoms with E-state index in [2.05, 4.69) is 23.3 Å². The summed E-state index contributed by atoms with van der Waals surface area (Å²) in [5.74, 6) is 0.910. The zero-order valence-electron chi connectivity index (χ0n) is 13.3. The Morgan fingerprint density at radius 3 is 2.52 bits per heavy atom. The van der Waals surface area contributed by atoms with E-state index in [1.165, 1.54) is 0 Å². The second-order valence-electron chi connectivity index (χ2n) is 6.12. The van der Waals surface area contributed by atoms with Crippen LogP contribution < -0.4 is 21.4 Å². The Hall–Kier alpha value is -2.53. The third kappa shape index (κ3) is 3.14. The molecule has 0 amide bonds. The standard InChI is InChI=1S/C18H22N4O/c1-22(11-12-9-21-10-12)18-7-14(6-17(20)16(18)8-19)13-2-4-15(23)5-3-13/h2-8,12,19,21,23H,9-11,20H2,1H3/p+1. The second kappa shape index (κ2) is 6.30. The van der Waals surface area contributed by atoms with Gasteiger partial charge in [-0.3, -0.25) is 5.41 Å². The average molecular weight is 311 g/mol. The van der Waals surface area contributed by atoms with Crippen molar-refractivity contribution in [1.29, 1.82) is 0 Å². The summed E-state index contributed by atoms with van der Waals surface area (Å²) < 4.78 is 0. The molecule has 2 aromatic carbocycles. The Bertz CT molecular complexity index is 708. The summed E-state index contributed by atoms with van der Waals surface area (Å²) in [6, 6.07) is 11.2. The SMILES string of the molecule is CN(CC1CNC1)c1cc(-c2ccc(O)cc2)cc(N)c1C=[NH2+]. The molecular weight excluding hydrogens is 288 g/mol. The van der Waals surface area contributed by atoms with Crippen LogP contribution in [0.1, 0.15) is 5.56 Å². The lowest BCUT2D eigenvalue weighted by atomic mass is 9.98. The minimum absolute atomic E-state index is 0.253. The van der Waals surface area contributed by atoms with Crippen molar-refractivity contribution in [2.75, 3.05) is 37.3 Å². The normalized spacial score (nSPS) is 14.3. The number of hydrogen-bond donors (Lipinski definition) is 4. The fraction of sp³-hybridized carbons (Fsp3) is 0.278. The molecular formula is C18H23N4O+. The molecule has 23 heavy (non-hydrogen) atoms. The Balaban J connectivity index is 1.98. The molecule has 0 aromatic heterocycles. The zero-order chi connectivity index (χ0) is 16.4. The van der Waals surface area contributed by atoms with Crippen LogP contribution in [-0.4, -0.2) is 38.0 Å². The van der Waals surface area contributed by atoms with Gasteiger partial charge in [-0.1, -0.05) is 12.1 Å². The Morgan fingerprint density at radius 1 is 1.26 bits per heavy atom. The van der Waals surface area contributed by atoms with Gasteiger partial charge in [0.15, 0.2) is 6.21 Å². The number of nitrogens with one attached hydrogen (secondary N) is 1. The molecule has 0 spiro atoms. The van der Waals surface area contributed by atoms with E-state index in [0.29, 0.717) is 11.6 Å². The fourth-order valence-corrected chi connectivity index (χ4v) is 2.94. The maximum Gasteiger partial charge on any atom is 0.171 e. The number of benzene rings is 2. The number of aromatic hydroxyl groups is 1. The molecule has 0 bridgehead atoms. The van der Waals surface area contributed by atoms with Crippen LogP contribution in [0.3, 0.4) is 0 Å². The molecule has 5 heteroatoms. The van der Waals surface area contributed by atoms with Crippen LogP contribution in [0.5, 0.6) is 5.75 Å². The lowest BCUT2D eigenvalue weighted by Gasteiger charge is -2.33. The van der Waals surface area contributed by atoms with Crippen molar-refractivity contribution in [3.8, 4) is 16.9 Å². The van der Waals surface area contributed by atoms with Gasteiger partial charge in [-0.2, -0.15) is 0 Å². The number of nitrogens with two attached hydrogens (primary N) is 2. The van der Waals surface area contributed by atoms with E-state index in [9.17, 15) is 5.11 Å². The minimum atomic E-state index is 0.253. The lowest BCUT2D eigenvalue weighted by molar-refractivity contribution is -0.104. The van der Waals surface area contributed by atoms with Crippen molar-refractivity contribution in [2.45, 2.75) is 0 Å². The summed E-state index contributed by atoms with van der Waals surface area (Å²) >= 11 is 0. The molecule has 0 atom stereocenters. The van der Waals surface area contributed by atoms with Gasteiger partial charge in [0.25, 0.3) is 0 Å². The number of phenols is 1. The van der Waals surface area contributed by atoms with Crippen LogP contribution in [-0.2, 0) is 0 Å². The number of nitrogens with zero attached hydrogens (tertiary/aromatic N) is 1. The number of hydrogen-bond acceptors (Lipinski definition) is 4. The van der Waals surface area contributed by atoms with Crippen LogP contribution in [0.4, 0.5) is 11.4 Å². The first-order chi connectivity index (χ1) is 11.1.